The second-order valence-electron chi connectivity index (χ2n) is 12.6. The Morgan fingerprint density at radius 2 is 1.88 bits per heavy atom. The monoisotopic (exact) mass is 440 g/mol. The van der Waals surface area contributed by atoms with E-state index in [-0.39, 0.29) is 5.41 Å². The van der Waals surface area contributed by atoms with Crippen LogP contribution in [0.4, 0.5) is 0 Å². The van der Waals surface area contributed by atoms with E-state index in [9.17, 15) is 4.79 Å². The Morgan fingerprint density at radius 1 is 1.09 bits per heavy atom. The molecular formula is C30H48O2. The lowest BCUT2D eigenvalue weighted by Crippen LogP contribution is -2.50. The zero-order valence-corrected chi connectivity index (χ0v) is 21.7. The van der Waals surface area contributed by atoms with Gasteiger partial charge in [-0.05, 0) is 109 Å². The molecule has 0 aromatic carbocycles. The van der Waals surface area contributed by atoms with Crippen LogP contribution >= 0.6 is 0 Å². The van der Waals surface area contributed by atoms with Crippen LogP contribution in [0.25, 0.3) is 0 Å². The van der Waals surface area contributed by atoms with Gasteiger partial charge in [-0.2, -0.15) is 0 Å². The quantitative estimate of drug-likeness (QED) is 0.356. The van der Waals surface area contributed by atoms with Crippen molar-refractivity contribution < 1.29 is 9.53 Å². The minimum Gasteiger partial charge on any atom is -0.498 e. The highest BCUT2D eigenvalue weighted by atomic mass is 16.5. The molecule has 7 atom stereocenters. The van der Waals surface area contributed by atoms with Gasteiger partial charge in [0.15, 0.2) is 0 Å². The summed E-state index contributed by atoms with van der Waals surface area (Å²) < 4.78 is 5.89. The molecule has 4 aliphatic rings. The summed E-state index contributed by atoms with van der Waals surface area (Å²) in [7, 11) is 0. The molecule has 2 nitrogen and oxygen atoms in total. The third kappa shape index (κ3) is 4.03. The number of ether oxygens (including phenoxy) is 1. The Labute approximate surface area is 197 Å². The molecule has 0 N–H and O–H groups in total. The summed E-state index contributed by atoms with van der Waals surface area (Å²) in [5.74, 6) is 5.84. The van der Waals surface area contributed by atoms with E-state index in [1.165, 1.54) is 56.8 Å². The van der Waals surface area contributed by atoms with Gasteiger partial charge in [0, 0.05) is 6.42 Å². The van der Waals surface area contributed by atoms with Crippen molar-refractivity contribution in [3.8, 4) is 0 Å². The van der Waals surface area contributed by atoms with Crippen molar-refractivity contribution in [2.75, 3.05) is 6.61 Å². The zero-order valence-electron chi connectivity index (χ0n) is 21.7. The topological polar surface area (TPSA) is 26.3 Å². The highest BCUT2D eigenvalue weighted by Crippen LogP contribution is 2.67. The lowest BCUT2D eigenvalue weighted by atomic mass is 9.46. The number of hydrogen-bond donors (Lipinski definition) is 0. The fourth-order valence-electron chi connectivity index (χ4n) is 8.92. The molecule has 4 aliphatic carbocycles. The first-order chi connectivity index (χ1) is 15.2. The molecule has 0 aromatic heterocycles. The van der Waals surface area contributed by atoms with Crippen LogP contribution in [0.15, 0.2) is 23.0 Å². The van der Waals surface area contributed by atoms with Crippen LogP contribution in [0, 0.1) is 46.3 Å². The summed E-state index contributed by atoms with van der Waals surface area (Å²) in [6.45, 7) is 15.1. The van der Waals surface area contributed by atoms with Crippen molar-refractivity contribution >= 4 is 6.29 Å². The maximum Gasteiger partial charge on any atom is 0.146 e. The number of aldehydes is 1. The predicted octanol–water partition coefficient (Wildman–Crippen LogP) is 8.13. The predicted molar refractivity (Wildman–Crippen MR) is 133 cm³/mol. The second kappa shape index (κ2) is 9.30. The van der Waals surface area contributed by atoms with Crippen LogP contribution in [0.3, 0.4) is 0 Å². The molecule has 0 heterocycles. The van der Waals surface area contributed by atoms with Gasteiger partial charge in [0.05, 0.1) is 12.4 Å². The number of hydrogen-bond acceptors (Lipinski definition) is 2. The maximum atomic E-state index is 12.3. The van der Waals surface area contributed by atoms with Crippen molar-refractivity contribution in [2.45, 2.75) is 106 Å². The normalized spacial score (nSPS) is 39.8. The van der Waals surface area contributed by atoms with Gasteiger partial charge in [-0.1, -0.05) is 53.9 Å². The van der Waals surface area contributed by atoms with Gasteiger partial charge in [0.2, 0.25) is 0 Å². The second-order valence-corrected chi connectivity index (χ2v) is 12.6. The largest absolute Gasteiger partial charge is 0.498 e. The van der Waals surface area contributed by atoms with Crippen LogP contribution in [0.5, 0.6) is 0 Å². The van der Waals surface area contributed by atoms with E-state index >= 15 is 0 Å². The summed E-state index contributed by atoms with van der Waals surface area (Å²) in [4.78, 5) is 12.3. The van der Waals surface area contributed by atoms with Crippen LogP contribution in [0.1, 0.15) is 106 Å². The van der Waals surface area contributed by atoms with Crippen molar-refractivity contribution in [2.24, 2.45) is 46.3 Å². The van der Waals surface area contributed by atoms with Crippen LogP contribution < -0.4 is 0 Å². The van der Waals surface area contributed by atoms with Crippen molar-refractivity contribution in [1.82, 2.24) is 0 Å². The lowest BCUT2D eigenvalue weighted by Gasteiger charge is -2.58. The van der Waals surface area contributed by atoms with Crippen molar-refractivity contribution in [3.63, 3.8) is 0 Å². The Morgan fingerprint density at radius 3 is 2.56 bits per heavy atom. The molecule has 0 radical (unpaired) electrons. The SMILES string of the molecule is CCOC1=CC2=C(C=O)C[C@H]3[C@@H]4CC[C@H]([C@H](C)CCCC(C)C)[C@@]4(C)CC[C@@H]3[C@@]2(C)CC1. The smallest absolute Gasteiger partial charge is 0.146 e. The summed E-state index contributed by atoms with van der Waals surface area (Å²) in [5, 5.41) is 0. The summed E-state index contributed by atoms with van der Waals surface area (Å²) in [6, 6.07) is 0. The van der Waals surface area contributed by atoms with E-state index in [1.54, 1.807) is 0 Å². The minimum absolute atomic E-state index is 0.155. The average molecular weight is 441 g/mol. The van der Waals surface area contributed by atoms with E-state index < -0.39 is 0 Å². The molecule has 0 bridgehead atoms. The highest BCUT2D eigenvalue weighted by Gasteiger charge is 2.59. The van der Waals surface area contributed by atoms with Gasteiger partial charge >= 0.3 is 0 Å². The molecular weight excluding hydrogens is 392 g/mol. The van der Waals surface area contributed by atoms with Gasteiger partial charge in [-0.25, -0.2) is 0 Å². The molecule has 0 aliphatic heterocycles. The number of allylic oxidation sites excluding steroid dienone is 4. The summed E-state index contributed by atoms with van der Waals surface area (Å²) in [5.41, 5.74) is 3.04. The number of rotatable bonds is 8. The van der Waals surface area contributed by atoms with Crippen LogP contribution in [-0.4, -0.2) is 12.9 Å². The molecule has 2 saturated carbocycles. The first-order valence-electron chi connectivity index (χ1n) is 13.8. The third-order valence-corrected chi connectivity index (χ3v) is 10.5. The molecule has 0 spiro atoms. The maximum absolute atomic E-state index is 12.3. The number of carbonyl (C=O) groups excluding carboxylic acids is 1. The molecule has 0 aromatic rings. The first-order valence-corrected chi connectivity index (χ1v) is 13.8. The summed E-state index contributed by atoms with van der Waals surface area (Å²) >= 11 is 0. The minimum atomic E-state index is 0.155. The van der Waals surface area contributed by atoms with E-state index in [0.717, 1.165) is 66.8 Å². The highest BCUT2D eigenvalue weighted by molar-refractivity contribution is 5.77. The molecule has 2 heteroatoms. The average Bonchev–Trinajstić information content (AvgIpc) is 3.11. The standard InChI is InChI=1S/C30H48O2/c1-7-32-23-13-15-30(6)27-14-16-29(5)25(21(4)10-8-9-20(2)3)11-12-26(29)24(27)17-22(19-31)28(30)18-23/h18-21,24-27H,7-17H2,1-6H3/t21-,24+,25-,26+,27+,29-,30-/m1/s1. The van der Waals surface area contributed by atoms with Crippen molar-refractivity contribution in [3.05, 3.63) is 23.0 Å². The van der Waals surface area contributed by atoms with Gasteiger partial charge in [-0.15, -0.1) is 0 Å². The van der Waals surface area contributed by atoms with E-state index in [1.807, 2.05) is 0 Å². The Hall–Kier alpha value is -1.05. The third-order valence-electron chi connectivity index (χ3n) is 10.5. The van der Waals surface area contributed by atoms with E-state index in [0.29, 0.717) is 11.3 Å². The molecule has 0 saturated heterocycles. The fourth-order valence-corrected chi connectivity index (χ4v) is 8.92. The molecule has 0 amide bonds. The van der Waals surface area contributed by atoms with Gasteiger partial charge in [0.1, 0.15) is 6.29 Å². The van der Waals surface area contributed by atoms with Crippen molar-refractivity contribution in [1.29, 1.82) is 0 Å². The van der Waals surface area contributed by atoms with E-state index in [4.69, 9.17) is 4.74 Å². The summed E-state index contributed by atoms with van der Waals surface area (Å²) in [6.07, 6.45) is 16.3. The first kappa shape index (κ1) is 24.1. The van der Waals surface area contributed by atoms with Gasteiger partial charge in [0.25, 0.3) is 0 Å². The lowest BCUT2D eigenvalue weighted by molar-refractivity contribution is -0.106. The molecule has 32 heavy (non-hydrogen) atoms. The van der Waals surface area contributed by atoms with Crippen LogP contribution in [0.2, 0.25) is 0 Å². The Bertz CT molecular complexity index is 761. The van der Waals surface area contributed by atoms with Crippen LogP contribution in [-0.2, 0) is 9.53 Å². The molecule has 0 unspecified atom stereocenters. The fraction of sp³-hybridized carbons (Fsp3) is 0.833. The van der Waals surface area contributed by atoms with E-state index in [2.05, 4.69) is 47.6 Å². The van der Waals surface area contributed by atoms with Gasteiger partial charge < -0.3 is 4.74 Å². The number of carbonyl (C=O) groups is 1. The Balaban J connectivity index is 1.57. The molecule has 180 valence electrons. The Kier molecular flexibility index (Phi) is 7.00. The molecule has 2 fully saturated rings. The zero-order chi connectivity index (χ0) is 23.1. The molecule has 4 rings (SSSR count). The van der Waals surface area contributed by atoms with Gasteiger partial charge in [-0.3, -0.25) is 4.79 Å². The number of fused-ring (bicyclic) bond motifs is 5.